The van der Waals surface area contributed by atoms with E-state index in [1.165, 1.54) is 0 Å². The molecule has 3 rings (SSSR count). The maximum atomic E-state index is 12.8. The first-order valence-corrected chi connectivity index (χ1v) is 7.51. The number of alkyl halides is 2. The summed E-state index contributed by atoms with van der Waals surface area (Å²) in [5, 5.41) is 0. The highest BCUT2D eigenvalue weighted by molar-refractivity contribution is 5.94. The van der Waals surface area contributed by atoms with Crippen molar-refractivity contribution in [1.29, 1.82) is 0 Å². The van der Waals surface area contributed by atoms with E-state index in [0.29, 0.717) is 31.6 Å². The summed E-state index contributed by atoms with van der Waals surface area (Å²) in [6, 6.07) is 9.26. The molecule has 5 heteroatoms. The molecule has 0 spiro atoms. The summed E-state index contributed by atoms with van der Waals surface area (Å²) in [5.41, 5.74) is 0.712. The largest absolute Gasteiger partial charge is 0.336 e. The van der Waals surface area contributed by atoms with Gasteiger partial charge in [0.05, 0.1) is 0 Å². The van der Waals surface area contributed by atoms with Gasteiger partial charge < -0.3 is 4.90 Å². The fraction of sp³-hybridized carbons (Fsp3) is 0.562. The smallest absolute Gasteiger partial charge is 0.253 e. The number of nitrogens with zero attached hydrogens (tertiary/aromatic N) is 2. The zero-order valence-electron chi connectivity index (χ0n) is 12.0. The van der Waals surface area contributed by atoms with Gasteiger partial charge in [-0.25, -0.2) is 8.78 Å². The van der Waals surface area contributed by atoms with Crippen LogP contribution in [0.3, 0.4) is 0 Å². The normalized spacial score (nSPS) is 24.9. The maximum Gasteiger partial charge on any atom is 0.253 e. The van der Waals surface area contributed by atoms with Gasteiger partial charge in [-0.1, -0.05) is 18.2 Å². The van der Waals surface area contributed by atoms with Gasteiger partial charge in [0.2, 0.25) is 0 Å². The fourth-order valence-corrected chi connectivity index (χ4v) is 2.86. The molecule has 1 saturated heterocycles. The van der Waals surface area contributed by atoms with E-state index in [1.54, 1.807) is 0 Å². The molecular formula is C16H20F2N2O. The van der Waals surface area contributed by atoms with Crippen LogP contribution in [0.4, 0.5) is 8.78 Å². The molecule has 2 fully saturated rings. The Balaban J connectivity index is 1.44. The third-order valence-corrected chi connectivity index (χ3v) is 4.43. The molecule has 1 aromatic carbocycles. The van der Waals surface area contributed by atoms with Gasteiger partial charge in [0.1, 0.15) is 0 Å². The van der Waals surface area contributed by atoms with Gasteiger partial charge in [-0.15, -0.1) is 0 Å². The molecule has 1 aliphatic heterocycles. The van der Waals surface area contributed by atoms with Gasteiger partial charge in [-0.05, 0) is 25.1 Å². The lowest BCUT2D eigenvalue weighted by molar-refractivity contribution is 0.0619. The van der Waals surface area contributed by atoms with E-state index in [1.807, 2.05) is 35.2 Å². The minimum absolute atomic E-state index is 0.0550. The molecule has 114 valence electrons. The SMILES string of the molecule is O=C(c1ccccc1)N1CCN(CC[C@H]2CC2(F)F)CC1. The summed E-state index contributed by atoms with van der Waals surface area (Å²) in [6.45, 7) is 3.62. The van der Waals surface area contributed by atoms with Crippen molar-refractivity contribution in [2.75, 3.05) is 32.7 Å². The van der Waals surface area contributed by atoms with Gasteiger partial charge in [-0.2, -0.15) is 0 Å². The summed E-state index contributed by atoms with van der Waals surface area (Å²) >= 11 is 0. The predicted octanol–water partition coefficient (Wildman–Crippen LogP) is 2.49. The molecule has 1 aliphatic carbocycles. The summed E-state index contributed by atoms with van der Waals surface area (Å²) in [4.78, 5) is 16.3. The van der Waals surface area contributed by atoms with Crippen molar-refractivity contribution < 1.29 is 13.6 Å². The summed E-state index contributed by atoms with van der Waals surface area (Å²) in [5.74, 6) is -2.77. The molecule has 2 aliphatic rings. The summed E-state index contributed by atoms with van der Waals surface area (Å²) in [7, 11) is 0. The minimum Gasteiger partial charge on any atom is -0.336 e. The number of rotatable bonds is 4. The standard InChI is InChI=1S/C16H20F2N2O/c17-16(18)12-14(16)6-7-19-8-10-20(11-9-19)15(21)13-4-2-1-3-5-13/h1-5,14H,6-12H2/t14-/m0/s1. The molecular weight excluding hydrogens is 274 g/mol. The van der Waals surface area contributed by atoms with Crippen LogP contribution in [0.2, 0.25) is 0 Å². The Morgan fingerprint density at radius 3 is 2.33 bits per heavy atom. The highest BCUT2D eigenvalue weighted by Crippen LogP contribution is 2.50. The van der Waals surface area contributed by atoms with Crippen molar-refractivity contribution in [3.8, 4) is 0 Å². The molecule has 1 amide bonds. The van der Waals surface area contributed by atoms with E-state index in [0.717, 1.165) is 13.1 Å². The number of carbonyl (C=O) groups excluding carboxylic acids is 1. The predicted molar refractivity (Wildman–Crippen MR) is 76.5 cm³/mol. The van der Waals surface area contributed by atoms with Crippen LogP contribution in [0.5, 0.6) is 0 Å². The van der Waals surface area contributed by atoms with Gasteiger partial charge >= 0.3 is 0 Å². The topological polar surface area (TPSA) is 23.6 Å². The number of piperazine rings is 1. The number of benzene rings is 1. The Hall–Kier alpha value is -1.49. The molecule has 0 radical (unpaired) electrons. The van der Waals surface area contributed by atoms with Crippen LogP contribution < -0.4 is 0 Å². The Morgan fingerprint density at radius 2 is 1.76 bits per heavy atom. The van der Waals surface area contributed by atoms with Crippen LogP contribution in [0.1, 0.15) is 23.2 Å². The van der Waals surface area contributed by atoms with E-state index in [9.17, 15) is 13.6 Å². The highest BCUT2D eigenvalue weighted by atomic mass is 19.3. The summed E-state index contributed by atoms with van der Waals surface area (Å²) in [6.07, 6.45) is 0.624. The number of halogens is 2. The highest BCUT2D eigenvalue weighted by Gasteiger charge is 2.56. The number of hydrogen-bond acceptors (Lipinski definition) is 2. The van der Waals surface area contributed by atoms with Crippen LogP contribution in [0.15, 0.2) is 30.3 Å². The van der Waals surface area contributed by atoms with E-state index in [-0.39, 0.29) is 12.3 Å². The Kier molecular flexibility index (Phi) is 3.93. The van der Waals surface area contributed by atoms with Crippen LogP contribution in [-0.2, 0) is 0 Å². The van der Waals surface area contributed by atoms with Gasteiger partial charge in [0.15, 0.2) is 0 Å². The average Bonchev–Trinajstić information content (AvgIpc) is 3.13. The Labute approximate surface area is 123 Å². The van der Waals surface area contributed by atoms with Crippen LogP contribution in [0, 0.1) is 5.92 Å². The van der Waals surface area contributed by atoms with E-state index in [4.69, 9.17) is 0 Å². The van der Waals surface area contributed by atoms with Crippen molar-refractivity contribution in [3.05, 3.63) is 35.9 Å². The van der Waals surface area contributed by atoms with E-state index < -0.39 is 11.8 Å². The zero-order valence-corrected chi connectivity index (χ0v) is 12.0. The van der Waals surface area contributed by atoms with E-state index in [2.05, 4.69) is 4.90 Å². The molecule has 1 aromatic rings. The van der Waals surface area contributed by atoms with Crippen molar-refractivity contribution in [1.82, 2.24) is 9.80 Å². The van der Waals surface area contributed by atoms with Crippen molar-refractivity contribution in [3.63, 3.8) is 0 Å². The lowest BCUT2D eigenvalue weighted by Crippen LogP contribution is -2.48. The second-order valence-electron chi connectivity index (χ2n) is 5.95. The molecule has 1 saturated carbocycles. The van der Waals surface area contributed by atoms with Crippen LogP contribution >= 0.6 is 0 Å². The quantitative estimate of drug-likeness (QED) is 0.852. The second kappa shape index (κ2) is 5.72. The first-order chi connectivity index (χ1) is 10.1. The van der Waals surface area contributed by atoms with Crippen molar-refractivity contribution in [2.24, 2.45) is 5.92 Å². The van der Waals surface area contributed by atoms with E-state index >= 15 is 0 Å². The van der Waals surface area contributed by atoms with Crippen molar-refractivity contribution >= 4 is 5.91 Å². The molecule has 0 N–H and O–H groups in total. The third kappa shape index (κ3) is 3.40. The van der Waals surface area contributed by atoms with Gasteiger partial charge in [0.25, 0.3) is 11.8 Å². The summed E-state index contributed by atoms with van der Waals surface area (Å²) < 4.78 is 25.7. The lowest BCUT2D eigenvalue weighted by Gasteiger charge is -2.34. The van der Waals surface area contributed by atoms with Gasteiger partial charge in [0, 0.05) is 44.1 Å². The minimum atomic E-state index is -2.41. The Morgan fingerprint density at radius 1 is 1.14 bits per heavy atom. The first-order valence-electron chi connectivity index (χ1n) is 7.51. The second-order valence-corrected chi connectivity index (χ2v) is 5.95. The van der Waals surface area contributed by atoms with Crippen LogP contribution in [0.25, 0.3) is 0 Å². The van der Waals surface area contributed by atoms with Gasteiger partial charge in [-0.3, -0.25) is 9.69 Å². The molecule has 3 nitrogen and oxygen atoms in total. The number of amides is 1. The van der Waals surface area contributed by atoms with Crippen LogP contribution in [-0.4, -0.2) is 54.4 Å². The monoisotopic (exact) mass is 294 g/mol. The molecule has 1 atom stereocenters. The molecule has 0 bridgehead atoms. The maximum absolute atomic E-state index is 12.8. The third-order valence-electron chi connectivity index (χ3n) is 4.43. The fourth-order valence-electron chi connectivity index (χ4n) is 2.86. The first kappa shape index (κ1) is 14.4. The molecule has 1 heterocycles. The Bertz CT molecular complexity index is 498. The average molecular weight is 294 g/mol. The number of carbonyl (C=O) groups is 1. The molecule has 21 heavy (non-hydrogen) atoms. The molecule has 0 aromatic heterocycles. The van der Waals surface area contributed by atoms with Crippen molar-refractivity contribution in [2.45, 2.75) is 18.8 Å². The number of hydrogen-bond donors (Lipinski definition) is 0. The lowest BCUT2D eigenvalue weighted by atomic mass is 10.1. The zero-order chi connectivity index (χ0) is 14.9. The molecule has 0 unspecified atom stereocenters.